The minimum atomic E-state index is -1.26. The van der Waals surface area contributed by atoms with E-state index in [-0.39, 0.29) is 28.2 Å². The normalized spacial score (nSPS) is 13.2. The van der Waals surface area contributed by atoms with Crippen molar-refractivity contribution < 1.29 is 65.4 Å². The summed E-state index contributed by atoms with van der Waals surface area (Å²) in [6.07, 6.45) is 12.2. The largest absolute Gasteiger partial charge is 0.348 e. The predicted octanol–water partition coefficient (Wildman–Crippen LogP) is 6.50. The first-order chi connectivity index (χ1) is 19.5. The number of hydrogen-bond donors (Lipinski definition) is 3. The maximum Gasteiger partial charge on any atom is 0.0921 e. The molecule has 0 bridgehead atoms. The summed E-state index contributed by atoms with van der Waals surface area (Å²) >= 11 is 4.91. The minimum absolute atomic E-state index is 0. The van der Waals surface area contributed by atoms with E-state index in [0.29, 0.717) is 17.2 Å². The summed E-state index contributed by atoms with van der Waals surface area (Å²) in [5, 5.41) is 17.5. The molecule has 232 valence electrons. The zero-order valence-electron chi connectivity index (χ0n) is 22.3. The molecule has 2 aliphatic rings. The molecule has 2 saturated carbocycles. The molecule has 0 spiro atoms. The minimum Gasteiger partial charge on any atom is -0.348 e. The molecule has 14 heteroatoms. The maximum absolute atomic E-state index is 13.5. The molecule has 0 saturated heterocycles. The summed E-state index contributed by atoms with van der Waals surface area (Å²) in [6.45, 7) is 3.48. The van der Waals surface area contributed by atoms with Crippen LogP contribution in [0.25, 0.3) is 5.69 Å². The van der Waals surface area contributed by atoms with E-state index in [1.165, 1.54) is 42.8 Å². The molecule has 1 radical (unpaired) electrons. The van der Waals surface area contributed by atoms with Gasteiger partial charge >= 0.3 is 31.7 Å². The molecule has 0 unspecified atom stereocenters. The quantitative estimate of drug-likeness (QED) is 0.155. The average molecular weight is 792 g/mol. The monoisotopic (exact) mass is 790 g/mol. The third-order valence-electron chi connectivity index (χ3n) is 6.41. The van der Waals surface area contributed by atoms with E-state index >= 15 is 0 Å². The standard InChI is InChI=1S/C14H13FN2O2.C8H6FIO2.C6H8N2.2Cu.O/c1-8-4-11(15)10(14(18)19)5-13(8)17-6-12(16-7-17)9-2-3-9;1-4-2-6(9)5(8(11)12)3-7(4)10;1-2-5(1)6-3-7-4-8-6;;;/h4-7,9H,2-3H2,1H3,(H,18,19);2-3H,1H3,(H,11,12);3-5H,1-2H2,(H,7,8);;;. The van der Waals surface area contributed by atoms with Gasteiger partial charge in [-0.3, -0.25) is 0 Å². The Bertz CT molecular complexity index is 1530. The van der Waals surface area contributed by atoms with Crippen LogP contribution >= 0.6 is 22.6 Å². The SMILES string of the molecule is Cc1cc(F)c(C(=O)O)cc1-n1cnc(C2CC2)c1.Cc1cc(F)c(C(=O)O)cc1I.[Cu].[O]=[Cu].c1ncc(C2CC2)[nH]1. The van der Waals surface area contributed by atoms with Crippen molar-refractivity contribution in [1.82, 2.24) is 19.5 Å². The molecule has 9 nitrogen and oxygen atoms in total. The van der Waals surface area contributed by atoms with Crippen LogP contribution in [0.3, 0.4) is 0 Å². The van der Waals surface area contributed by atoms with Crippen LogP contribution in [0.5, 0.6) is 0 Å². The number of nitrogens with zero attached hydrogens (tertiary/aromatic N) is 3. The number of imidazole rings is 2. The Balaban J connectivity index is 0.000000230. The van der Waals surface area contributed by atoms with Crippen molar-refractivity contribution in [2.24, 2.45) is 0 Å². The topological polar surface area (TPSA) is 138 Å². The van der Waals surface area contributed by atoms with Gasteiger partial charge < -0.3 is 19.8 Å². The fraction of sp³-hybridized carbons (Fsp3) is 0.286. The summed E-state index contributed by atoms with van der Waals surface area (Å²) in [5.74, 6) is -2.54. The zero-order valence-corrected chi connectivity index (χ0v) is 26.3. The van der Waals surface area contributed by atoms with E-state index in [0.717, 1.165) is 33.6 Å². The average Bonchev–Trinajstić information content (AvgIpc) is 3.86. The van der Waals surface area contributed by atoms with Crippen LogP contribution in [0.4, 0.5) is 8.78 Å². The van der Waals surface area contributed by atoms with Crippen molar-refractivity contribution in [3.63, 3.8) is 0 Å². The van der Waals surface area contributed by atoms with Gasteiger partial charge in [0.2, 0.25) is 0 Å². The molecule has 0 aliphatic heterocycles. The van der Waals surface area contributed by atoms with Crippen LogP contribution in [-0.2, 0) is 36.8 Å². The first kappa shape index (κ1) is 35.4. The summed E-state index contributed by atoms with van der Waals surface area (Å²) in [4.78, 5) is 32.7. The first-order valence-corrected chi connectivity index (χ1v) is 13.9. The summed E-state index contributed by atoms with van der Waals surface area (Å²) < 4.78 is 36.8. The molecule has 2 aromatic heterocycles. The van der Waals surface area contributed by atoms with Gasteiger partial charge in [-0.25, -0.2) is 28.3 Å². The van der Waals surface area contributed by atoms with Crippen LogP contribution in [0, 0.1) is 29.1 Å². The number of aromatic carboxylic acids is 2. The number of benzene rings is 2. The zero-order chi connectivity index (χ0) is 30.3. The number of aromatic nitrogens is 4. The smallest absolute Gasteiger partial charge is 0.0921 e. The molecule has 4 aromatic rings. The number of halogens is 3. The van der Waals surface area contributed by atoms with E-state index in [1.807, 2.05) is 35.0 Å². The molecule has 0 atom stereocenters. The molecule has 2 fully saturated rings. The number of nitrogens with one attached hydrogen (secondary N) is 1. The summed E-state index contributed by atoms with van der Waals surface area (Å²) in [5.41, 5.74) is 3.82. The van der Waals surface area contributed by atoms with Crippen LogP contribution in [0.2, 0.25) is 0 Å². The number of hydrogen-bond acceptors (Lipinski definition) is 5. The number of aromatic amines is 1. The van der Waals surface area contributed by atoms with Gasteiger partial charge in [0, 0.05) is 50.6 Å². The molecular formula is C28H27Cu2F2IN4O5. The predicted molar refractivity (Wildman–Crippen MR) is 149 cm³/mol. The first-order valence-electron chi connectivity index (χ1n) is 12.4. The van der Waals surface area contributed by atoms with Gasteiger partial charge in [-0.15, -0.1) is 0 Å². The molecule has 0 amide bonds. The van der Waals surface area contributed by atoms with Crippen molar-refractivity contribution in [3.05, 3.63) is 98.2 Å². The molecule has 3 N–H and O–H groups in total. The van der Waals surface area contributed by atoms with Gasteiger partial charge in [-0.1, -0.05) is 0 Å². The number of aryl methyl sites for hydroxylation is 2. The second-order valence-electron chi connectivity index (χ2n) is 9.57. The van der Waals surface area contributed by atoms with Gasteiger partial charge in [0.1, 0.15) is 11.6 Å². The number of carboxylic acids is 2. The molecule has 6 rings (SSSR count). The Hall–Kier alpha value is -2.77. The Labute approximate surface area is 273 Å². The van der Waals surface area contributed by atoms with Gasteiger partial charge in [0.25, 0.3) is 0 Å². The summed E-state index contributed by atoms with van der Waals surface area (Å²) in [6, 6.07) is 5.15. The second kappa shape index (κ2) is 16.2. The number of carboxylic acid groups (broad SMARTS) is 2. The van der Waals surface area contributed by atoms with Crippen LogP contribution in [0.1, 0.15) is 80.7 Å². The third kappa shape index (κ3) is 9.63. The van der Waals surface area contributed by atoms with Crippen LogP contribution in [0.15, 0.2) is 49.3 Å². The van der Waals surface area contributed by atoms with E-state index in [9.17, 15) is 18.4 Å². The number of carbonyl (C=O) groups is 2. The van der Waals surface area contributed by atoms with E-state index in [4.69, 9.17) is 14.0 Å². The Morgan fingerprint density at radius 3 is 2.00 bits per heavy atom. The number of rotatable bonds is 5. The van der Waals surface area contributed by atoms with E-state index in [1.54, 1.807) is 31.1 Å². The van der Waals surface area contributed by atoms with Gasteiger partial charge in [0.05, 0.1) is 35.2 Å². The van der Waals surface area contributed by atoms with Crippen LogP contribution in [-0.4, -0.2) is 41.7 Å². The van der Waals surface area contributed by atoms with E-state index in [2.05, 4.69) is 30.9 Å². The van der Waals surface area contributed by atoms with Gasteiger partial charge in [-0.05, 0) is 97.5 Å². The molecule has 42 heavy (non-hydrogen) atoms. The molecular weight excluding hydrogens is 764 g/mol. The van der Waals surface area contributed by atoms with Crippen molar-refractivity contribution in [1.29, 1.82) is 0 Å². The Morgan fingerprint density at radius 2 is 1.50 bits per heavy atom. The fourth-order valence-electron chi connectivity index (χ4n) is 3.86. The Morgan fingerprint density at radius 1 is 0.952 bits per heavy atom. The number of H-pyrrole nitrogens is 1. The van der Waals surface area contributed by atoms with Crippen molar-refractivity contribution in [2.45, 2.75) is 51.4 Å². The summed E-state index contributed by atoms with van der Waals surface area (Å²) in [7, 11) is 0. The van der Waals surface area contributed by atoms with Gasteiger partial charge in [0.15, 0.2) is 0 Å². The molecule has 2 aliphatic carbocycles. The third-order valence-corrected chi connectivity index (χ3v) is 7.57. The van der Waals surface area contributed by atoms with Crippen LogP contribution < -0.4 is 0 Å². The molecule has 2 aromatic carbocycles. The van der Waals surface area contributed by atoms with E-state index < -0.39 is 23.6 Å². The van der Waals surface area contributed by atoms with Gasteiger partial charge in [-0.2, -0.15) is 0 Å². The fourth-order valence-corrected chi connectivity index (χ4v) is 4.32. The van der Waals surface area contributed by atoms with Crippen molar-refractivity contribution in [2.75, 3.05) is 0 Å². The molecule has 2 heterocycles. The van der Waals surface area contributed by atoms with Crippen molar-refractivity contribution in [3.8, 4) is 5.69 Å². The maximum atomic E-state index is 13.5. The Kier molecular flexibility index (Phi) is 13.6. The van der Waals surface area contributed by atoms with Crippen molar-refractivity contribution >= 4 is 34.5 Å². The second-order valence-corrected chi connectivity index (χ2v) is 10.7.